The zero-order valence-electron chi connectivity index (χ0n) is 15.0. The van der Waals surface area contributed by atoms with Crippen molar-refractivity contribution in [3.05, 3.63) is 30.6 Å². The minimum absolute atomic E-state index is 0.788. The van der Waals surface area contributed by atoms with E-state index in [2.05, 4.69) is 22.1 Å². The van der Waals surface area contributed by atoms with Crippen molar-refractivity contribution in [1.82, 2.24) is 15.2 Å². The van der Waals surface area contributed by atoms with Gasteiger partial charge in [0.05, 0.1) is 6.61 Å². The number of aromatic nitrogens is 3. The van der Waals surface area contributed by atoms with Crippen LogP contribution in [0.25, 0.3) is 11.4 Å². The van der Waals surface area contributed by atoms with Gasteiger partial charge in [-0.15, -0.1) is 0 Å². The molecule has 0 spiro atoms. The maximum absolute atomic E-state index is 5.80. The van der Waals surface area contributed by atoms with Crippen LogP contribution in [0.2, 0.25) is 0 Å². The van der Waals surface area contributed by atoms with E-state index in [4.69, 9.17) is 4.74 Å². The second-order valence-electron chi connectivity index (χ2n) is 6.39. The average Bonchev–Trinajstić information content (AvgIpc) is 3.15. The molecule has 0 saturated carbocycles. The molecule has 4 heteroatoms. The monoisotopic (exact) mass is 329 g/mol. The first-order chi connectivity index (χ1) is 11.9. The van der Waals surface area contributed by atoms with E-state index in [-0.39, 0.29) is 0 Å². The highest BCUT2D eigenvalue weighted by Crippen LogP contribution is 2.19. The van der Waals surface area contributed by atoms with Gasteiger partial charge < -0.3 is 4.74 Å². The molecule has 0 amide bonds. The Labute approximate surface area is 146 Å². The second-order valence-corrected chi connectivity index (χ2v) is 6.39. The van der Waals surface area contributed by atoms with Gasteiger partial charge in [0.1, 0.15) is 12.1 Å². The molecule has 1 heterocycles. The van der Waals surface area contributed by atoms with E-state index in [1.807, 2.05) is 24.3 Å². The summed E-state index contributed by atoms with van der Waals surface area (Å²) in [5.41, 5.74) is 1.03. The lowest BCUT2D eigenvalue weighted by Crippen LogP contribution is -1.97. The largest absolute Gasteiger partial charge is 0.494 e. The Morgan fingerprint density at radius 3 is 2.04 bits per heavy atom. The number of hydrogen-bond donors (Lipinski definition) is 1. The van der Waals surface area contributed by atoms with E-state index in [9.17, 15) is 0 Å². The quantitative estimate of drug-likeness (QED) is 0.474. The zero-order chi connectivity index (χ0) is 16.9. The molecule has 0 fully saturated rings. The summed E-state index contributed by atoms with van der Waals surface area (Å²) in [6.45, 7) is 3.07. The van der Waals surface area contributed by atoms with Crippen LogP contribution in [0.4, 0.5) is 0 Å². The van der Waals surface area contributed by atoms with E-state index in [1.165, 1.54) is 64.1 Å². The molecule has 1 aromatic heterocycles. The highest BCUT2D eigenvalue weighted by Gasteiger charge is 2.01. The summed E-state index contributed by atoms with van der Waals surface area (Å²) in [4.78, 5) is 4.14. The van der Waals surface area contributed by atoms with Crippen LogP contribution in [0.5, 0.6) is 5.75 Å². The molecule has 2 rings (SSSR count). The molecule has 24 heavy (non-hydrogen) atoms. The topological polar surface area (TPSA) is 50.8 Å². The average molecular weight is 329 g/mol. The lowest BCUT2D eigenvalue weighted by Gasteiger charge is -2.07. The van der Waals surface area contributed by atoms with Gasteiger partial charge in [0.2, 0.25) is 0 Å². The molecule has 0 unspecified atom stereocenters. The van der Waals surface area contributed by atoms with Crippen LogP contribution < -0.4 is 4.74 Å². The van der Waals surface area contributed by atoms with E-state index in [1.54, 1.807) is 0 Å². The van der Waals surface area contributed by atoms with Crippen LogP contribution in [-0.4, -0.2) is 21.8 Å². The van der Waals surface area contributed by atoms with Crippen LogP contribution in [0, 0.1) is 0 Å². The maximum atomic E-state index is 5.80. The number of aromatic amines is 1. The molecule has 0 aliphatic carbocycles. The van der Waals surface area contributed by atoms with Crippen molar-refractivity contribution < 1.29 is 4.74 Å². The predicted octanol–water partition coefficient (Wildman–Crippen LogP) is 5.77. The fraction of sp³-hybridized carbons (Fsp3) is 0.600. The van der Waals surface area contributed by atoms with E-state index >= 15 is 0 Å². The molecule has 0 aliphatic heterocycles. The molecule has 0 aliphatic rings. The molecule has 2 aromatic rings. The third kappa shape index (κ3) is 7.16. The molecule has 0 radical (unpaired) electrons. The molecule has 132 valence electrons. The molecular weight excluding hydrogens is 298 g/mol. The smallest absolute Gasteiger partial charge is 0.155 e. The summed E-state index contributed by atoms with van der Waals surface area (Å²) in [7, 11) is 0. The van der Waals surface area contributed by atoms with Gasteiger partial charge in [-0.1, -0.05) is 64.7 Å². The first kappa shape index (κ1) is 18.5. The van der Waals surface area contributed by atoms with Gasteiger partial charge >= 0.3 is 0 Å². The molecular formula is C20H31N3O. The first-order valence-electron chi connectivity index (χ1n) is 9.48. The van der Waals surface area contributed by atoms with Crippen LogP contribution >= 0.6 is 0 Å². The Hall–Kier alpha value is -1.84. The van der Waals surface area contributed by atoms with Gasteiger partial charge in [0.25, 0.3) is 0 Å². The van der Waals surface area contributed by atoms with Gasteiger partial charge in [0, 0.05) is 5.56 Å². The van der Waals surface area contributed by atoms with E-state index in [0.29, 0.717) is 0 Å². The van der Waals surface area contributed by atoms with Gasteiger partial charge in [-0.05, 0) is 30.7 Å². The molecule has 1 aromatic carbocycles. The Morgan fingerprint density at radius 1 is 0.833 bits per heavy atom. The number of benzene rings is 1. The molecule has 0 atom stereocenters. The van der Waals surface area contributed by atoms with Crippen molar-refractivity contribution >= 4 is 0 Å². The minimum Gasteiger partial charge on any atom is -0.494 e. The summed E-state index contributed by atoms with van der Waals surface area (Å²) in [5, 5.41) is 6.72. The van der Waals surface area contributed by atoms with Crippen LogP contribution in [0.15, 0.2) is 30.6 Å². The van der Waals surface area contributed by atoms with Gasteiger partial charge in [0.15, 0.2) is 5.82 Å². The molecule has 1 N–H and O–H groups in total. The van der Waals surface area contributed by atoms with Crippen LogP contribution in [0.3, 0.4) is 0 Å². The first-order valence-corrected chi connectivity index (χ1v) is 9.48. The molecule has 0 saturated heterocycles. The summed E-state index contributed by atoms with van der Waals surface area (Å²) in [6, 6.07) is 8.01. The van der Waals surface area contributed by atoms with Gasteiger partial charge in [-0.3, -0.25) is 5.10 Å². The zero-order valence-corrected chi connectivity index (χ0v) is 15.0. The Balaban J connectivity index is 1.47. The number of rotatable bonds is 13. The van der Waals surface area contributed by atoms with Crippen molar-refractivity contribution in [3.63, 3.8) is 0 Å². The summed E-state index contributed by atoms with van der Waals surface area (Å²) < 4.78 is 5.80. The Morgan fingerprint density at radius 2 is 1.46 bits per heavy atom. The fourth-order valence-corrected chi connectivity index (χ4v) is 2.83. The van der Waals surface area contributed by atoms with Gasteiger partial charge in [-0.2, -0.15) is 5.10 Å². The summed E-state index contributed by atoms with van der Waals surface area (Å²) in [5.74, 6) is 1.71. The fourth-order valence-electron chi connectivity index (χ4n) is 2.83. The third-order valence-electron chi connectivity index (χ3n) is 4.31. The second kappa shape index (κ2) is 11.7. The highest BCUT2D eigenvalue weighted by atomic mass is 16.5. The van der Waals surface area contributed by atoms with Crippen molar-refractivity contribution in [3.8, 4) is 17.1 Å². The highest BCUT2D eigenvalue weighted by molar-refractivity contribution is 5.55. The Bertz CT molecular complexity index is 522. The molecule has 4 nitrogen and oxygen atoms in total. The Kier molecular flexibility index (Phi) is 8.99. The van der Waals surface area contributed by atoms with E-state index in [0.717, 1.165) is 30.2 Å². The minimum atomic E-state index is 0.788. The lowest BCUT2D eigenvalue weighted by molar-refractivity contribution is 0.304. The lowest BCUT2D eigenvalue weighted by atomic mass is 10.1. The van der Waals surface area contributed by atoms with E-state index < -0.39 is 0 Å². The SMILES string of the molecule is CCCCCCCCCCCCOc1ccc(-c2ncn[nH]2)cc1. The number of unbranched alkanes of at least 4 members (excludes halogenated alkanes) is 9. The predicted molar refractivity (Wildman–Crippen MR) is 99.2 cm³/mol. The van der Waals surface area contributed by atoms with Gasteiger partial charge in [-0.25, -0.2) is 4.98 Å². The van der Waals surface area contributed by atoms with Crippen LogP contribution in [-0.2, 0) is 0 Å². The number of ether oxygens (including phenoxy) is 1. The van der Waals surface area contributed by atoms with Crippen molar-refractivity contribution in [2.24, 2.45) is 0 Å². The molecule has 0 bridgehead atoms. The number of hydrogen-bond acceptors (Lipinski definition) is 3. The van der Waals surface area contributed by atoms with Crippen molar-refractivity contribution in [2.45, 2.75) is 71.1 Å². The number of nitrogens with zero attached hydrogens (tertiary/aromatic N) is 2. The van der Waals surface area contributed by atoms with Crippen molar-refractivity contribution in [2.75, 3.05) is 6.61 Å². The third-order valence-corrected chi connectivity index (χ3v) is 4.31. The van der Waals surface area contributed by atoms with Crippen molar-refractivity contribution in [1.29, 1.82) is 0 Å². The number of nitrogens with one attached hydrogen (secondary N) is 1. The standard InChI is InChI=1S/C20H31N3O/c1-2-3-4-5-6-7-8-9-10-11-16-24-19-14-12-18(13-15-19)20-21-17-22-23-20/h12-15,17H,2-11,16H2,1H3,(H,21,22,23). The van der Waals surface area contributed by atoms with Crippen LogP contribution in [0.1, 0.15) is 71.1 Å². The summed E-state index contributed by atoms with van der Waals surface area (Å²) >= 11 is 0. The maximum Gasteiger partial charge on any atom is 0.155 e. The normalized spacial score (nSPS) is 10.9. The number of H-pyrrole nitrogens is 1. The summed E-state index contributed by atoms with van der Waals surface area (Å²) in [6.07, 6.45) is 15.0.